The Labute approximate surface area is 156 Å². The lowest BCUT2D eigenvalue weighted by Gasteiger charge is -2.17. The molecule has 0 radical (unpaired) electrons. The minimum absolute atomic E-state index is 0.00320. The number of carbonyl (C=O) groups is 2. The Morgan fingerprint density at radius 1 is 1.16 bits per heavy atom. The third-order valence-electron chi connectivity index (χ3n) is 4.44. The van der Waals surface area contributed by atoms with Crippen LogP contribution in [0.2, 0.25) is 0 Å². The summed E-state index contributed by atoms with van der Waals surface area (Å²) in [6.45, 7) is 1.87. The van der Waals surface area contributed by atoms with E-state index in [1.807, 2.05) is 6.92 Å². The highest BCUT2D eigenvalue weighted by molar-refractivity contribution is 7.80. The van der Waals surface area contributed by atoms with E-state index in [1.165, 1.54) is 25.7 Å². The number of nitrogens with one attached hydrogen (secondary N) is 1. The predicted octanol–water partition coefficient (Wildman–Crippen LogP) is 4.99. The molecule has 4 nitrogen and oxygen atoms in total. The molecule has 0 heterocycles. The number of ether oxygens (including phenoxy) is 1. The van der Waals surface area contributed by atoms with Gasteiger partial charge in [-0.1, -0.05) is 38.7 Å². The van der Waals surface area contributed by atoms with Crippen molar-refractivity contribution in [3.05, 3.63) is 29.8 Å². The summed E-state index contributed by atoms with van der Waals surface area (Å²) in [5.41, 5.74) is 1.10. The lowest BCUT2D eigenvalue weighted by Crippen LogP contribution is -2.19. The van der Waals surface area contributed by atoms with E-state index in [1.54, 1.807) is 24.3 Å². The number of rotatable bonds is 5. The van der Waals surface area contributed by atoms with Gasteiger partial charge in [0.15, 0.2) is 0 Å². The normalized spacial score (nSPS) is 17.7. The van der Waals surface area contributed by atoms with E-state index in [4.69, 9.17) is 4.74 Å². The lowest BCUT2D eigenvalue weighted by molar-refractivity contribution is -0.116. The second-order valence-electron chi connectivity index (χ2n) is 6.91. The number of hydrogen-bond donors (Lipinski definition) is 2. The molecule has 1 aromatic rings. The molecule has 25 heavy (non-hydrogen) atoms. The molecule has 5 heteroatoms. The highest BCUT2D eigenvalue weighted by atomic mass is 32.1. The van der Waals surface area contributed by atoms with Gasteiger partial charge >= 0.3 is 5.97 Å². The zero-order chi connectivity index (χ0) is 18.1. The zero-order valence-corrected chi connectivity index (χ0v) is 15.9. The molecule has 0 spiro atoms. The monoisotopic (exact) mass is 363 g/mol. The van der Waals surface area contributed by atoms with Crippen LogP contribution in [0.3, 0.4) is 0 Å². The van der Waals surface area contributed by atoms with E-state index in [-0.39, 0.29) is 23.2 Å². The minimum atomic E-state index is -0.303. The number of benzene rings is 1. The summed E-state index contributed by atoms with van der Waals surface area (Å²) in [5, 5.41) is 2.80. The Bertz CT molecular complexity index is 564. The number of thiol groups is 1. The third-order valence-corrected chi connectivity index (χ3v) is 4.62. The molecule has 1 aliphatic carbocycles. The number of carbonyl (C=O) groups excluding carboxylic acids is 2. The summed E-state index contributed by atoms with van der Waals surface area (Å²) < 4.78 is 5.73. The van der Waals surface area contributed by atoms with Gasteiger partial charge < -0.3 is 10.1 Å². The lowest BCUT2D eigenvalue weighted by atomic mass is 10.1. The Balaban J connectivity index is 1.94. The Morgan fingerprint density at radius 2 is 1.80 bits per heavy atom. The van der Waals surface area contributed by atoms with Gasteiger partial charge in [-0.15, -0.1) is 0 Å². The van der Waals surface area contributed by atoms with E-state index < -0.39 is 0 Å². The van der Waals surface area contributed by atoms with Crippen molar-refractivity contribution < 1.29 is 14.3 Å². The maximum absolute atomic E-state index is 12.5. The first-order chi connectivity index (χ1) is 12.0. The van der Waals surface area contributed by atoms with Crippen LogP contribution in [0.15, 0.2) is 24.3 Å². The molecule has 1 unspecified atom stereocenters. The molecule has 1 saturated carbocycles. The van der Waals surface area contributed by atoms with E-state index in [2.05, 4.69) is 17.9 Å². The van der Waals surface area contributed by atoms with Crippen LogP contribution in [-0.4, -0.2) is 23.2 Å². The van der Waals surface area contributed by atoms with E-state index in [0.29, 0.717) is 17.7 Å². The number of esters is 1. The van der Waals surface area contributed by atoms with Crippen LogP contribution in [0, 0.1) is 0 Å². The Hall–Kier alpha value is -1.49. The maximum Gasteiger partial charge on any atom is 0.338 e. The summed E-state index contributed by atoms with van der Waals surface area (Å²) in [4.78, 5) is 24.3. The van der Waals surface area contributed by atoms with Crippen molar-refractivity contribution in [2.45, 2.75) is 76.1 Å². The van der Waals surface area contributed by atoms with Crippen LogP contribution in [0.4, 0.5) is 5.69 Å². The van der Waals surface area contributed by atoms with Crippen molar-refractivity contribution in [3.8, 4) is 0 Å². The summed E-state index contributed by atoms with van der Waals surface area (Å²) in [6, 6.07) is 6.95. The zero-order valence-electron chi connectivity index (χ0n) is 15.0. The average molecular weight is 364 g/mol. The summed E-state index contributed by atoms with van der Waals surface area (Å²) in [5.74, 6) is -0.410. The van der Waals surface area contributed by atoms with Crippen molar-refractivity contribution in [2.75, 3.05) is 5.32 Å². The molecule has 0 aromatic heterocycles. The summed E-state index contributed by atoms with van der Waals surface area (Å²) >= 11 is 4.22. The topological polar surface area (TPSA) is 55.4 Å². The minimum Gasteiger partial charge on any atom is -0.459 e. The quantitative estimate of drug-likeness (QED) is 0.572. The highest BCUT2D eigenvalue weighted by Crippen LogP contribution is 2.21. The van der Waals surface area contributed by atoms with Crippen molar-refractivity contribution >= 4 is 30.2 Å². The summed E-state index contributed by atoms with van der Waals surface area (Å²) in [6.07, 6.45) is 9.49. The molecular weight excluding hydrogens is 334 g/mol. The third kappa shape index (κ3) is 7.51. The van der Waals surface area contributed by atoms with Crippen LogP contribution < -0.4 is 5.32 Å². The number of hydrogen-bond acceptors (Lipinski definition) is 4. The fraction of sp³-hybridized carbons (Fsp3) is 0.600. The van der Waals surface area contributed by atoms with Crippen LogP contribution in [0.5, 0.6) is 0 Å². The van der Waals surface area contributed by atoms with Gasteiger partial charge in [-0.3, -0.25) is 4.79 Å². The van der Waals surface area contributed by atoms with Crippen LogP contribution in [0.1, 0.15) is 75.1 Å². The van der Waals surface area contributed by atoms with Crippen molar-refractivity contribution in [3.63, 3.8) is 0 Å². The van der Waals surface area contributed by atoms with Gasteiger partial charge in [0.2, 0.25) is 5.91 Å². The molecule has 1 atom stereocenters. The first kappa shape index (κ1) is 19.8. The van der Waals surface area contributed by atoms with Crippen LogP contribution in [-0.2, 0) is 9.53 Å². The molecule has 0 saturated heterocycles. The molecule has 1 amide bonds. The Morgan fingerprint density at radius 3 is 2.44 bits per heavy atom. The number of amides is 1. The van der Waals surface area contributed by atoms with Crippen LogP contribution in [0.25, 0.3) is 0 Å². The van der Waals surface area contributed by atoms with Gasteiger partial charge in [0.05, 0.1) is 5.56 Å². The van der Waals surface area contributed by atoms with Crippen molar-refractivity contribution in [1.82, 2.24) is 0 Å². The molecule has 1 aromatic carbocycles. The summed E-state index contributed by atoms with van der Waals surface area (Å²) in [7, 11) is 0. The predicted molar refractivity (Wildman–Crippen MR) is 104 cm³/mol. The fourth-order valence-corrected chi connectivity index (χ4v) is 3.30. The van der Waals surface area contributed by atoms with Crippen molar-refractivity contribution in [2.24, 2.45) is 0 Å². The largest absolute Gasteiger partial charge is 0.459 e. The van der Waals surface area contributed by atoms with Gasteiger partial charge in [0.25, 0.3) is 0 Å². The van der Waals surface area contributed by atoms with Gasteiger partial charge in [0, 0.05) is 17.4 Å². The molecular formula is C20H29NO3S. The second kappa shape index (κ2) is 10.5. The molecule has 0 bridgehead atoms. The van der Waals surface area contributed by atoms with E-state index in [0.717, 1.165) is 25.7 Å². The second-order valence-corrected chi connectivity index (χ2v) is 7.79. The van der Waals surface area contributed by atoms with Gasteiger partial charge in [-0.25, -0.2) is 4.79 Å². The molecule has 0 aliphatic heterocycles. The Kier molecular flexibility index (Phi) is 8.32. The smallest absolute Gasteiger partial charge is 0.338 e. The average Bonchev–Trinajstić information content (AvgIpc) is 2.68. The maximum atomic E-state index is 12.5. The van der Waals surface area contributed by atoms with Gasteiger partial charge in [-0.2, -0.15) is 12.6 Å². The SMILES string of the molecule is CC(S)CC(=O)Nc1cccc(C(=O)OC2CCCCCCCC2)c1. The number of anilines is 1. The molecule has 1 aliphatic rings. The van der Waals surface area contributed by atoms with E-state index in [9.17, 15) is 9.59 Å². The van der Waals surface area contributed by atoms with Crippen LogP contribution >= 0.6 is 12.6 Å². The first-order valence-corrected chi connectivity index (χ1v) is 9.85. The molecule has 1 fully saturated rings. The first-order valence-electron chi connectivity index (χ1n) is 9.33. The molecule has 1 N–H and O–H groups in total. The van der Waals surface area contributed by atoms with E-state index >= 15 is 0 Å². The molecule has 2 rings (SSSR count). The van der Waals surface area contributed by atoms with Crippen molar-refractivity contribution in [1.29, 1.82) is 0 Å². The van der Waals surface area contributed by atoms with Gasteiger partial charge in [0.1, 0.15) is 6.10 Å². The van der Waals surface area contributed by atoms with Gasteiger partial charge in [-0.05, 0) is 43.9 Å². The molecule has 138 valence electrons. The fourth-order valence-electron chi connectivity index (χ4n) is 3.14. The standard InChI is InChI=1S/C20H29NO3S/c1-15(25)13-19(22)21-17-10-8-9-16(14-17)20(23)24-18-11-6-4-2-3-5-7-12-18/h8-10,14-15,18,25H,2-7,11-13H2,1H3,(H,21,22). The highest BCUT2D eigenvalue weighted by Gasteiger charge is 2.17.